The smallest absolute Gasteiger partial charge is 0.254 e. The molecule has 2 aromatic rings. The van der Waals surface area contributed by atoms with E-state index in [4.69, 9.17) is 9.47 Å². The molecule has 1 atom stereocenters. The van der Waals surface area contributed by atoms with Crippen molar-refractivity contribution in [3.8, 4) is 17.2 Å². The Labute approximate surface area is 219 Å². The lowest BCUT2D eigenvalue weighted by molar-refractivity contribution is -0.123. The van der Waals surface area contributed by atoms with Crippen molar-refractivity contribution in [2.45, 2.75) is 63.8 Å². The fourth-order valence-corrected chi connectivity index (χ4v) is 5.73. The van der Waals surface area contributed by atoms with Gasteiger partial charge < -0.3 is 24.8 Å². The van der Waals surface area contributed by atoms with Crippen LogP contribution in [-0.2, 0) is 4.79 Å². The maximum Gasteiger partial charge on any atom is 0.254 e. The van der Waals surface area contributed by atoms with Gasteiger partial charge in [0.15, 0.2) is 11.5 Å². The predicted molar refractivity (Wildman–Crippen MR) is 141 cm³/mol. The Balaban J connectivity index is 1.14. The van der Waals surface area contributed by atoms with Crippen molar-refractivity contribution < 1.29 is 24.2 Å². The van der Waals surface area contributed by atoms with Crippen LogP contribution in [0, 0.1) is 11.3 Å². The third-order valence-corrected chi connectivity index (χ3v) is 8.49. The predicted octanol–water partition coefficient (Wildman–Crippen LogP) is 4.88. The van der Waals surface area contributed by atoms with Crippen LogP contribution in [0.2, 0.25) is 0 Å². The zero-order valence-corrected chi connectivity index (χ0v) is 21.9. The Hall–Kier alpha value is -3.22. The van der Waals surface area contributed by atoms with Gasteiger partial charge in [-0.15, -0.1) is 0 Å². The summed E-state index contributed by atoms with van der Waals surface area (Å²) in [7, 11) is 1.62. The van der Waals surface area contributed by atoms with Gasteiger partial charge in [0.1, 0.15) is 5.75 Å². The number of benzene rings is 2. The lowest BCUT2D eigenvalue weighted by Crippen LogP contribution is -2.43. The highest BCUT2D eigenvalue weighted by Crippen LogP contribution is 2.44. The molecule has 2 amide bonds. The molecule has 2 aliphatic carbocycles. The van der Waals surface area contributed by atoms with Crippen LogP contribution in [0.4, 0.5) is 0 Å². The molecule has 3 aliphatic rings. The number of carbonyl (C=O) groups is 2. The zero-order valence-electron chi connectivity index (χ0n) is 21.9. The van der Waals surface area contributed by atoms with E-state index in [2.05, 4.69) is 5.32 Å². The standard InChI is InChI=1S/C30H38N2O5/c1-20(22-5-8-25(33)9-6-22)28(34)31-24-11-13-30(14-12-24)15-16-32(19-30)29(35)23-7-10-26(36-2)27(17-23)37-18-21-3-4-21/h5-10,17,20-21,24,33H,3-4,11-16,18-19H2,1-2H3,(H,31,34). The van der Waals surface area contributed by atoms with Gasteiger partial charge in [0.25, 0.3) is 5.91 Å². The van der Waals surface area contributed by atoms with Gasteiger partial charge >= 0.3 is 0 Å². The first-order chi connectivity index (χ1) is 17.9. The second kappa shape index (κ2) is 10.6. The lowest BCUT2D eigenvalue weighted by atomic mass is 9.72. The summed E-state index contributed by atoms with van der Waals surface area (Å²) in [5, 5.41) is 12.7. The van der Waals surface area contributed by atoms with Gasteiger partial charge in [-0.25, -0.2) is 0 Å². The normalized spacial score (nSPS) is 24.1. The van der Waals surface area contributed by atoms with Crippen molar-refractivity contribution in [3.05, 3.63) is 53.6 Å². The second-order valence-corrected chi connectivity index (χ2v) is 11.2. The van der Waals surface area contributed by atoms with Crippen LogP contribution < -0.4 is 14.8 Å². The molecule has 0 radical (unpaired) electrons. The number of phenols is 1. The Morgan fingerprint density at radius 3 is 2.46 bits per heavy atom. The van der Waals surface area contributed by atoms with E-state index in [1.165, 1.54) is 12.8 Å². The summed E-state index contributed by atoms with van der Waals surface area (Å²) in [6.45, 7) is 4.10. The number of rotatable bonds is 8. The molecule has 1 heterocycles. The van der Waals surface area contributed by atoms with E-state index >= 15 is 0 Å². The Morgan fingerprint density at radius 2 is 1.78 bits per heavy atom. The number of nitrogens with zero attached hydrogens (tertiary/aromatic N) is 1. The van der Waals surface area contributed by atoms with Crippen LogP contribution in [0.15, 0.2) is 42.5 Å². The number of phenolic OH excluding ortho intramolecular Hbond substituents is 1. The van der Waals surface area contributed by atoms with E-state index in [0.29, 0.717) is 29.6 Å². The van der Waals surface area contributed by atoms with Gasteiger partial charge in [-0.05, 0) is 99.1 Å². The molecule has 1 spiro atoms. The fraction of sp³-hybridized carbons (Fsp3) is 0.533. The molecule has 1 unspecified atom stereocenters. The minimum absolute atomic E-state index is 0.0223. The molecule has 0 aromatic heterocycles. The van der Waals surface area contributed by atoms with E-state index in [-0.39, 0.29) is 34.9 Å². The Bertz CT molecular complexity index is 1120. The molecule has 37 heavy (non-hydrogen) atoms. The number of nitrogens with one attached hydrogen (secondary N) is 1. The monoisotopic (exact) mass is 506 g/mol. The van der Waals surface area contributed by atoms with Crippen molar-refractivity contribution in [2.75, 3.05) is 26.8 Å². The van der Waals surface area contributed by atoms with E-state index in [0.717, 1.165) is 50.8 Å². The summed E-state index contributed by atoms with van der Waals surface area (Å²) in [5.74, 6) is 1.94. The number of hydrogen-bond donors (Lipinski definition) is 2. The molecule has 1 aliphatic heterocycles. The SMILES string of the molecule is COc1ccc(C(=O)N2CCC3(CCC(NC(=O)C(C)c4ccc(O)cc4)CC3)C2)cc1OCC1CC1. The number of likely N-dealkylation sites (tertiary alicyclic amines) is 1. The number of ether oxygens (including phenoxy) is 2. The molecule has 2 aromatic carbocycles. The number of hydrogen-bond acceptors (Lipinski definition) is 5. The lowest BCUT2D eigenvalue weighted by Gasteiger charge is -2.37. The van der Waals surface area contributed by atoms with Crippen LogP contribution >= 0.6 is 0 Å². The number of aromatic hydroxyl groups is 1. The summed E-state index contributed by atoms with van der Waals surface area (Å²) in [4.78, 5) is 28.2. The van der Waals surface area contributed by atoms with Crippen LogP contribution in [0.5, 0.6) is 17.2 Å². The van der Waals surface area contributed by atoms with E-state index in [9.17, 15) is 14.7 Å². The molecular formula is C30H38N2O5. The van der Waals surface area contributed by atoms with E-state index in [1.54, 1.807) is 31.4 Å². The van der Waals surface area contributed by atoms with Crippen LogP contribution in [0.25, 0.3) is 0 Å². The summed E-state index contributed by atoms with van der Waals surface area (Å²) >= 11 is 0. The molecule has 0 bridgehead atoms. The van der Waals surface area contributed by atoms with E-state index < -0.39 is 0 Å². The van der Waals surface area contributed by atoms with Crippen LogP contribution in [0.1, 0.15) is 73.7 Å². The fourth-order valence-electron chi connectivity index (χ4n) is 5.73. The minimum atomic E-state index is -0.265. The summed E-state index contributed by atoms with van der Waals surface area (Å²) in [6.07, 6.45) is 7.29. The van der Waals surface area contributed by atoms with Gasteiger partial charge in [-0.3, -0.25) is 9.59 Å². The summed E-state index contributed by atoms with van der Waals surface area (Å²) < 4.78 is 11.4. The average molecular weight is 507 g/mol. The molecule has 2 saturated carbocycles. The molecule has 7 nitrogen and oxygen atoms in total. The average Bonchev–Trinajstić information content (AvgIpc) is 3.67. The third-order valence-electron chi connectivity index (χ3n) is 8.49. The Kier molecular flexibility index (Phi) is 7.31. The second-order valence-electron chi connectivity index (χ2n) is 11.2. The number of amides is 2. The zero-order chi connectivity index (χ0) is 26.0. The first-order valence-corrected chi connectivity index (χ1v) is 13.6. The van der Waals surface area contributed by atoms with Crippen molar-refractivity contribution in [3.63, 3.8) is 0 Å². The topological polar surface area (TPSA) is 88.1 Å². The van der Waals surface area contributed by atoms with Crippen LogP contribution in [-0.4, -0.2) is 54.7 Å². The first-order valence-electron chi connectivity index (χ1n) is 13.6. The summed E-state index contributed by atoms with van der Waals surface area (Å²) in [5.41, 5.74) is 1.68. The molecule has 5 rings (SSSR count). The van der Waals surface area contributed by atoms with Gasteiger partial charge in [0.2, 0.25) is 5.91 Å². The molecule has 198 valence electrons. The highest BCUT2D eigenvalue weighted by molar-refractivity contribution is 5.95. The minimum Gasteiger partial charge on any atom is -0.508 e. The van der Waals surface area contributed by atoms with Crippen LogP contribution in [0.3, 0.4) is 0 Å². The van der Waals surface area contributed by atoms with Gasteiger partial charge in [-0.2, -0.15) is 0 Å². The number of methoxy groups -OCH3 is 1. The van der Waals surface area contributed by atoms with Gasteiger partial charge in [-0.1, -0.05) is 12.1 Å². The highest BCUT2D eigenvalue weighted by Gasteiger charge is 2.43. The maximum absolute atomic E-state index is 13.4. The van der Waals surface area contributed by atoms with Crippen molar-refractivity contribution in [1.29, 1.82) is 0 Å². The summed E-state index contributed by atoms with van der Waals surface area (Å²) in [6, 6.07) is 12.5. The molecule has 3 fully saturated rings. The van der Waals surface area contributed by atoms with E-state index in [1.807, 2.05) is 30.0 Å². The molecule has 7 heteroatoms. The molecular weight excluding hydrogens is 468 g/mol. The van der Waals surface area contributed by atoms with Gasteiger partial charge in [0.05, 0.1) is 19.6 Å². The first kappa shape index (κ1) is 25.4. The quantitative estimate of drug-likeness (QED) is 0.533. The highest BCUT2D eigenvalue weighted by atomic mass is 16.5. The van der Waals surface area contributed by atoms with Gasteiger partial charge in [0, 0.05) is 24.7 Å². The largest absolute Gasteiger partial charge is 0.508 e. The maximum atomic E-state index is 13.4. The van der Waals surface area contributed by atoms with Crippen molar-refractivity contribution >= 4 is 11.8 Å². The Morgan fingerprint density at radius 1 is 1.05 bits per heavy atom. The molecule has 2 N–H and O–H groups in total. The number of carbonyl (C=O) groups excluding carboxylic acids is 2. The van der Waals surface area contributed by atoms with Crippen molar-refractivity contribution in [1.82, 2.24) is 10.2 Å². The molecule has 1 saturated heterocycles. The third kappa shape index (κ3) is 5.86. The van der Waals surface area contributed by atoms with Crippen molar-refractivity contribution in [2.24, 2.45) is 11.3 Å².